The van der Waals surface area contributed by atoms with Crippen LogP contribution in [0.1, 0.15) is 23.6 Å². The summed E-state index contributed by atoms with van der Waals surface area (Å²) in [5.41, 5.74) is 2.27. The standard InChI is InChI=1S/C24H28FN3O5/c1-31-13-12-27(24(30)16-32-2)15-23(29)28-22(18-6-10-20(33-3)11-7-18)14-21(26-28)17-4-8-19(25)9-5-17/h4-11,22H,12-16H2,1-3H3. The van der Waals surface area contributed by atoms with Gasteiger partial charge in [-0.2, -0.15) is 5.10 Å². The van der Waals surface area contributed by atoms with Crippen molar-refractivity contribution in [1.82, 2.24) is 9.91 Å². The van der Waals surface area contributed by atoms with Crippen LogP contribution in [0.25, 0.3) is 0 Å². The second-order valence-electron chi connectivity index (χ2n) is 7.53. The Balaban J connectivity index is 1.88. The lowest BCUT2D eigenvalue weighted by atomic mass is 9.98. The number of halogens is 1. The van der Waals surface area contributed by atoms with E-state index in [0.29, 0.717) is 17.9 Å². The minimum atomic E-state index is -0.370. The summed E-state index contributed by atoms with van der Waals surface area (Å²) in [6.45, 7) is 0.232. The monoisotopic (exact) mass is 457 g/mol. The molecule has 1 atom stereocenters. The molecule has 0 saturated carbocycles. The fourth-order valence-corrected chi connectivity index (χ4v) is 3.59. The molecular formula is C24H28FN3O5. The highest BCUT2D eigenvalue weighted by Gasteiger charge is 2.34. The molecule has 0 aliphatic carbocycles. The van der Waals surface area contributed by atoms with E-state index >= 15 is 0 Å². The van der Waals surface area contributed by atoms with E-state index in [-0.39, 0.29) is 50.0 Å². The van der Waals surface area contributed by atoms with Gasteiger partial charge in [-0.3, -0.25) is 9.59 Å². The van der Waals surface area contributed by atoms with Crippen molar-refractivity contribution in [2.24, 2.45) is 5.10 Å². The molecule has 9 heteroatoms. The summed E-state index contributed by atoms with van der Waals surface area (Å²) in [6, 6.07) is 13.0. The quantitative estimate of drug-likeness (QED) is 0.548. The number of carbonyl (C=O) groups excluding carboxylic acids is 2. The SMILES string of the molecule is COCCN(CC(=O)N1N=C(c2ccc(F)cc2)CC1c1ccc(OC)cc1)C(=O)COC. The highest BCUT2D eigenvalue weighted by atomic mass is 19.1. The van der Waals surface area contributed by atoms with E-state index in [2.05, 4.69) is 5.10 Å². The van der Waals surface area contributed by atoms with Gasteiger partial charge in [0.05, 0.1) is 25.5 Å². The third-order valence-corrected chi connectivity index (χ3v) is 5.36. The van der Waals surface area contributed by atoms with Crippen LogP contribution in [0.2, 0.25) is 0 Å². The summed E-state index contributed by atoms with van der Waals surface area (Å²) in [6.07, 6.45) is 0.452. The van der Waals surface area contributed by atoms with Gasteiger partial charge in [0.25, 0.3) is 5.91 Å². The Morgan fingerprint density at radius 3 is 2.36 bits per heavy atom. The van der Waals surface area contributed by atoms with Crippen LogP contribution in [-0.2, 0) is 19.1 Å². The third-order valence-electron chi connectivity index (χ3n) is 5.36. The highest BCUT2D eigenvalue weighted by Crippen LogP contribution is 2.33. The average molecular weight is 458 g/mol. The van der Waals surface area contributed by atoms with Gasteiger partial charge < -0.3 is 19.1 Å². The first-order valence-corrected chi connectivity index (χ1v) is 10.5. The number of rotatable bonds is 10. The number of hydrazone groups is 1. The minimum Gasteiger partial charge on any atom is -0.497 e. The van der Waals surface area contributed by atoms with Crippen LogP contribution in [-0.4, -0.2) is 75.1 Å². The van der Waals surface area contributed by atoms with Crippen molar-refractivity contribution < 1.29 is 28.2 Å². The molecule has 2 aromatic carbocycles. The highest BCUT2D eigenvalue weighted by molar-refractivity contribution is 6.03. The number of ether oxygens (including phenoxy) is 3. The number of methoxy groups -OCH3 is 3. The van der Waals surface area contributed by atoms with E-state index in [4.69, 9.17) is 14.2 Å². The molecule has 1 aliphatic heterocycles. The summed E-state index contributed by atoms with van der Waals surface area (Å²) in [7, 11) is 4.54. The van der Waals surface area contributed by atoms with Gasteiger partial charge >= 0.3 is 0 Å². The zero-order chi connectivity index (χ0) is 23.8. The van der Waals surface area contributed by atoms with Gasteiger partial charge in [0.2, 0.25) is 5.91 Å². The normalized spacial score (nSPS) is 15.3. The van der Waals surface area contributed by atoms with Gasteiger partial charge in [0, 0.05) is 27.2 Å². The lowest BCUT2D eigenvalue weighted by Gasteiger charge is -2.27. The van der Waals surface area contributed by atoms with Gasteiger partial charge in [-0.05, 0) is 35.4 Å². The lowest BCUT2D eigenvalue weighted by molar-refractivity contribution is -0.144. The van der Waals surface area contributed by atoms with Crippen LogP contribution in [0.5, 0.6) is 5.75 Å². The maximum atomic E-state index is 13.4. The maximum absolute atomic E-state index is 13.4. The van der Waals surface area contributed by atoms with Gasteiger partial charge in [0.1, 0.15) is 24.7 Å². The van der Waals surface area contributed by atoms with Crippen LogP contribution in [0, 0.1) is 5.82 Å². The van der Waals surface area contributed by atoms with Crippen molar-refractivity contribution in [2.75, 3.05) is 47.6 Å². The molecule has 8 nitrogen and oxygen atoms in total. The Kier molecular flexibility index (Phi) is 8.51. The summed E-state index contributed by atoms with van der Waals surface area (Å²) in [4.78, 5) is 27.1. The molecule has 0 fully saturated rings. The van der Waals surface area contributed by atoms with Crippen molar-refractivity contribution in [1.29, 1.82) is 0 Å². The van der Waals surface area contributed by atoms with Gasteiger partial charge in [-0.25, -0.2) is 9.40 Å². The number of hydrogen-bond acceptors (Lipinski definition) is 6. The molecule has 0 N–H and O–H groups in total. The molecule has 33 heavy (non-hydrogen) atoms. The van der Waals surface area contributed by atoms with Gasteiger partial charge in [-0.1, -0.05) is 24.3 Å². The fourth-order valence-electron chi connectivity index (χ4n) is 3.59. The summed E-state index contributed by atoms with van der Waals surface area (Å²) in [5.74, 6) is -0.299. The van der Waals surface area contributed by atoms with Crippen molar-refractivity contribution in [3.05, 3.63) is 65.5 Å². The Hall–Kier alpha value is -3.30. The van der Waals surface area contributed by atoms with Crippen LogP contribution >= 0.6 is 0 Å². The first-order chi connectivity index (χ1) is 16.0. The van der Waals surface area contributed by atoms with Crippen LogP contribution in [0.3, 0.4) is 0 Å². The predicted octanol–water partition coefficient (Wildman–Crippen LogP) is 2.63. The Morgan fingerprint density at radius 2 is 1.76 bits per heavy atom. The molecule has 0 aromatic heterocycles. The molecule has 3 rings (SSSR count). The van der Waals surface area contributed by atoms with E-state index < -0.39 is 0 Å². The molecule has 1 unspecified atom stereocenters. The zero-order valence-electron chi connectivity index (χ0n) is 19.0. The van der Waals surface area contributed by atoms with E-state index in [1.807, 2.05) is 24.3 Å². The van der Waals surface area contributed by atoms with Gasteiger partial charge in [-0.15, -0.1) is 0 Å². The lowest BCUT2D eigenvalue weighted by Crippen LogP contribution is -2.44. The van der Waals surface area contributed by atoms with Crippen molar-refractivity contribution in [3.63, 3.8) is 0 Å². The smallest absolute Gasteiger partial charge is 0.262 e. The number of nitrogens with zero attached hydrogens (tertiary/aromatic N) is 3. The van der Waals surface area contributed by atoms with E-state index in [1.165, 1.54) is 36.3 Å². The Morgan fingerprint density at radius 1 is 1.06 bits per heavy atom. The van der Waals surface area contributed by atoms with Crippen molar-refractivity contribution in [3.8, 4) is 5.75 Å². The predicted molar refractivity (Wildman–Crippen MR) is 120 cm³/mol. The van der Waals surface area contributed by atoms with E-state index in [1.54, 1.807) is 19.2 Å². The van der Waals surface area contributed by atoms with Crippen LogP contribution in [0.4, 0.5) is 4.39 Å². The maximum Gasteiger partial charge on any atom is 0.262 e. The number of hydrogen-bond donors (Lipinski definition) is 0. The molecule has 0 bridgehead atoms. The van der Waals surface area contributed by atoms with Crippen molar-refractivity contribution in [2.45, 2.75) is 12.5 Å². The Labute approximate surface area is 192 Å². The minimum absolute atomic E-state index is 0.136. The largest absolute Gasteiger partial charge is 0.497 e. The third kappa shape index (κ3) is 6.15. The average Bonchev–Trinajstić information content (AvgIpc) is 3.28. The fraction of sp³-hybridized carbons (Fsp3) is 0.375. The van der Waals surface area contributed by atoms with Crippen molar-refractivity contribution >= 4 is 17.5 Å². The summed E-state index contributed by atoms with van der Waals surface area (Å²) >= 11 is 0. The second-order valence-corrected chi connectivity index (χ2v) is 7.53. The molecule has 0 radical (unpaired) electrons. The van der Waals surface area contributed by atoms with E-state index in [0.717, 1.165) is 11.1 Å². The molecule has 0 saturated heterocycles. The second kappa shape index (κ2) is 11.5. The number of amides is 2. The molecule has 1 aliphatic rings. The first-order valence-electron chi connectivity index (χ1n) is 10.5. The topological polar surface area (TPSA) is 80.7 Å². The van der Waals surface area contributed by atoms with Crippen LogP contribution < -0.4 is 4.74 Å². The molecule has 2 amide bonds. The zero-order valence-corrected chi connectivity index (χ0v) is 19.0. The molecule has 2 aromatic rings. The number of carbonyl (C=O) groups is 2. The molecule has 176 valence electrons. The van der Waals surface area contributed by atoms with E-state index in [9.17, 15) is 14.0 Å². The van der Waals surface area contributed by atoms with Crippen LogP contribution in [0.15, 0.2) is 53.6 Å². The molecule has 1 heterocycles. The number of benzene rings is 2. The summed E-state index contributed by atoms with van der Waals surface area (Å²) < 4.78 is 28.7. The molecule has 0 spiro atoms. The first kappa shape index (κ1) is 24.3. The molecular weight excluding hydrogens is 429 g/mol. The summed E-state index contributed by atoms with van der Waals surface area (Å²) in [5, 5.41) is 5.98. The van der Waals surface area contributed by atoms with Gasteiger partial charge in [0.15, 0.2) is 0 Å². The Bertz CT molecular complexity index is 979.